The number of aliphatic hydroxyl groups is 1. The standard InChI is InChI=1S/C76H106N18O19S2/c1-40(95)61(92-59(100)39-84-71(110)62(74(3,4)114)85-41(2)96)70(109)89-54(35-46-37-82-49-17-11-10-16-48(46)49)68(107)86-50(24-26-56(79)97)66(105)93-63(75(5,6)115)72(111)90-52(33-42-19-22-47(23-20-42)113-31-30-78)67(106)87-53(34-43-18-21-44-14-8-9-15-45(44)32-43)69(108)94-76(7,28-12-13-29-77)73(112)91-51(25-27-60(101)102)65(104)88-55(36-57(80)98)64(103)83-38-58(81)99/h8-11,14-23,32,37,40,50-55,61-63,82,95,114-115H,12-13,24-31,33-36,38-39,77-78H2,1-7H3,(H2,79,97)(H2,80,98)(H2,81,99)(H,83,103)(H,84,110)(H,85,96)(H,86,107)(H,87,106)(H,88,104)(H,89,109)(H,90,111)(H,91,112)(H,92,100)(H,93,105)(H,94,108)(H,101,102)/t40-,50+,51+,52+,53+,54+,55+,61+,62-,63-,76+/m1/s1. The molecule has 39 heteroatoms. The number of amides is 15. The predicted octanol–water partition coefficient (Wildman–Crippen LogP) is -3.41. The zero-order valence-corrected chi connectivity index (χ0v) is 66.7. The zero-order chi connectivity index (χ0) is 85.7. The highest BCUT2D eigenvalue weighted by Gasteiger charge is 2.43. The Bertz CT molecular complexity index is 4320. The van der Waals surface area contributed by atoms with Crippen molar-refractivity contribution in [3.8, 4) is 5.75 Å². The summed E-state index contributed by atoms with van der Waals surface area (Å²) in [6.45, 7) is 8.50. The van der Waals surface area contributed by atoms with E-state index >= 15 is 19.2 Å². The number of aliphatic hydroxyl groups excluding tert-OH is 1. The maximum Gasteiger partial charge on any atom is 0.303 e. The molecule has 5 aromatic rings. The third-order valence-corrected chi connectivity index (χ3v) is 18.7. The van der Waals surface area contributed by atoms with Crippen molar-refractivity contribution in [2.45, 2.75) is 195 Å². The lowest BCUT2D eigenvalue weighted by atomic mass is 9.91. The average Bonchev–Trinajstić information content (AvgIpc) is 1.22. The number of carboxylic acid groups (broad SMARTS) is 1. The van der Waals surface area contributed by atoms with Gasteiger partial charge in [-0.25, -0.2) is 0 Å². The molecule has 1 aromatic heterocycles. The second-order valence-corrected chi connectivity index (χ2v) is 31.3. The Morgan fingerprint density at radius 2 is 1.04 bits per heavy atom. The van der Waals surface area contributed by atoms with Gasteiger partial charge in [0.15, 0.2) is 0 Å². The van der Waals surface area contributed by atoms with Crippen LogP contribution < -0.4 is 97.2 Å². The number of aliphatic carboxylic acids is 1. The van der Waals surface area contributed by atoms with Crippen LogP contribution in [-0.4, -0.2) is 218 Å². The number of carboxylic acids is 1. The molecule has 0 saturated heterocycles. The van der Waals surface area contributed by atoms with Crippen molar-refractivity contribution >= 4 is 142 Å². The van der Waals surface area contributed by atoms with Gasteiger partial charge in [-0.3, -0.25) is 76.7 Å². The topological polar surface area (TPSA) is 613 Å². The van der Waals surface area contributed by atoms with E-state index in [9.17, 15) is 67.7 Å². The molecule has 25 N–H and O–H groups in total. The number of hydrogen-bond donors (Lipinski definition) is 22. The van der Waals surface area contributed by atoms with Crippen molar-refractivity contribution in [1.82, 2.24) is 68.8 Å². The van der Waals surface area contributed by atoms with Gasteiger partial charge < -0.3 is 112 Å². The van der Waals surface area contributed by atoms with Crippen LogP contribution in [-0.2, 0) is 96.0 Å². The molecule has 115 heavy (non-hydrogen) atoms. The molecule has 0 bridgehead atoms. The van der Waals surface area contributed by atoms with E-state index in [-0.39, 0.29) is 58.2 Å². The number of ether oxygens (including phenoxy) is 1. The second kappa shape index (κ2) is 44.3. The fraction of sp³-hybridized carbons (Fsp3) is 0.474. The summed E-state index contributed by atoms with van der Waals surface area (Å²) in [5, 5.41) is 52.8. The highest BCUT2D eigenvalue weighted by Crippen LogP contribution is 2.25. The lowest BCUT2D eigenvalue weighted by molar-refractivity contribution is -0.140. The zero-order valence-electron chi connectivity index (χ0n) is 64.9. The van der Waals surface area contributed by atoms with Gasteiger partial charge in [-0.2, -0.15) is 25.3 Å². The predicted molar refractivity (Wildman–Crippen MR) is 429 cm³/mol. The van der Waals surface area contributed by atoms with Crippen LogP contribution in [0.2, 0.25) is 0 Å². The largest absolute Gasteiger partial charge is 0.492 e. The summed E-state index contributed by atoms with van der Waals surface area (Å²) in [6, 6.07) is 10.4. The number of unbranched alkanes of at least 4 members (excludes halogenated alkanes) is 1. The first kappa shape index (κ1) is 94.2. The van der Waals surface area contributed by atoms with Crippen molar-refractivity contribution < 1.29 is 91.7 Å². The number of nitrogens with two attached hydrogens (primary N) is 5. The summed E-state index contributed by atoms with van der Waals surface area (Å²) in [5.74, 6) is -16.2. The number of nitrogens with one attached hydrogen (secondary N) is 13. The van der Waals surface area contributed by atoms with Crippen molar-refractivity contribution in [2.75, 3.05) is 32.8 Å². The molecule has 4 aromatic carbocycles. The summed E-state index contributed by atoms with van der Waals surface area (Å²) in [4.78, 5) is 222. The first-order chi connectivity index (χ1) is 54.0. The SMILES string of the molecule is CC(=O)N[C@H](C(=O)NCC(=O)N[C@H](C(=O)N[C@@H](Cc1c[nH]c2ccccc12)C(=O)N[C@@H](CCC(N)=O)C(=O)N[C@H](C(=O)N[C@@H](Cc1ccc(OCCN)cc1)C(=O)N[C@@H](Cc1ccc2ccccc2c1)C(=O)N[C@@](C)(CCCCN)C(=O)N[C@@H](CCC(=O)O)C(=O)N[C@@H](CC(N)=O)C(=O)NCC(N)=O)C(C)(C)S)[C@@H](C)O)C(C)(C)S. The number of fused-ring (bicyclic) bond motifs is 2. The Hall–Kier alpha value is -11.4. The molecule has 0 fully saturated rings. The number of rotatable bonds is 48. The Morgan fingerprint density at radius 3 is 1.64 bits per heavy atom. The van der Waals surface area contributed by atoms with Crippen LogP contribution in [0.15, 0.2) is 97.2 Å². The van der Waals surface area contributed by atoms with Crippen LogP contribution in [0.1, 0.15) is 117 Å². The van der Waals surface area contributed by atoms with E-state index in [0.717, 1.165) is 12.3 Å². The number of H-pyrrole nitrogens is 1. The molecule has 0 aliphatic heterocycles. The minimum atomic E-state index is -2.06. The van der Waals surface area contributed by atoms with Gasteiger partial charge in [0.2, 0.25) is 88.6 Å². The molecular formula is C76H106N18O19S2. The minimum absolute atomic E-state index is 0.105. The molecule has 0 unspecified atom stereocenters. The normalized spacial score (nSPS) is 14.5. The van der Waals surface area contributed by atoms with Gasteiger partial charge in [0.1, 0.15) is 72.3 Å². The van der Waals surface area contributed by atoms with Gasteiger partial charge in [-0.15, -0.1) is 0 Å². The summed E-state index contributed by atoms with van der Waals surface area (Å²) in [6.07, 6.45) is -4.16. The number of aromatic amines is 1. The summed E-state index contributed by atoms with van der Waals surface area (Å²) in [7, 11) is 0. The van der Waals surface area contributed by atoms with E-state index in [1.165, 1.54) is 27.7 Å². The number of para-hydroxylation sites is 1. The Labute approximate surface area is 674 Å². The summed E-state index contributed by atoms with van der Waals surface area (Å²) >= 11 is 9.12. The molecular weight excluding hydrogens is 1530 g/mol. The third-order valence-electron chi connectivity index (χ3n) is 18.2. The maximum absolute atomic E-state index is 15.5. The molecule has 1 heterocycles. The number of primary amides is 3. The van der Waals surface area contributed by atoms with Crippen LogP contribution >= 0.6 is 25.3 Å². The molecule has 0 aliphatic rings. The van der Waals surface area contributed by atoms with Gasteiger partial charge >= 0.3 is 5.97 Å². The van der Waals surface area contributed by atoms with Gasteiger partial charge in [-0.1, -0.05) is 72.8 Å². The number of carbonyl (C=O) groups is 16. The van der Waals surface area contributed by atoms with Crippen LogP contribution in [0.5, 0.6) is 5.75 Å². The fourth-order valence-corrected chi connectivity index (χ4v) is 12.4. The van der Waals surface area contributed by atoms with E-state index in [1.807, 2.05) is 6.07 Å². The minimum Gasteiger partial charge on any atom is -0.492 e. The van der Waals surface area contributed by atoms with Gasteiger partial charge in [0.25, 0.3) is 0 Å². The third kappa shape index (κ3) is 30.8. The smallest absolute Gasteiger partial charge is 0.303 e. The van der Waals surface area contributed by atoms with E-state index in [1.54, 1.807) is 105 Å². The van der Waals surface area contributed by atoms with Crippen LogP contribution in [0.4, 0.5) is 0 Å². The quantitative estimate of drug-likeness (QED) is 0.0133. The first-order valence-electron chi connectivity index (χ1n) is 36.9. The van der Waals surface area contributed by atoms with Crippen molar-refractivity contribution in [2.24, 2.45) is 28.7 Å². The summed E-state index contributed by atoms with van der Waals surface area (Å²) in [5.41, 5.74) is 27.6. The highest BCUT2D eigenvalue weighted by atomic mass is 32.1. The lowest BCUT2D eigenvalue weighted by Crippen LogP contribution is -2.65. The van der Waals surface area contributed by atoms with E-state index in [0.29, 0.717) is 38.7 Å². The Kier molecular flexibility index (Phi) is 36.3. The molecule has 0 saturated carbocycles. The van der Waals surface area contributed by atoms with E-state index in [4.69, 9.17) is 46.0 Å². The average molecular weight is 1640 g/mol. The summed E-state index contributed by atoms with van der Waals surface area (Å²) < 4.78 is 2.98. The Balaban J connectivity index is 1.55. The van der Waals surface area contributed by atoms with E-state index in [2.05, 4.69) is 81.4 Å². The number of thiol groups is 2. The fourth-order valence-electron chi connectivity index (χ4n) is 12.0. The number of aromatic nitrogens is 1. The lowest BCUT2D eigenvalue weighted by Gasteiger charge is -2.34. The van der Waals surface area contributed by atoms with Gasteiger partial charge in [-0.05, 0) is 126 Å². The van der Waals surface area contributed by atoms with Crippen LogP contribution in [0.3, 0.4) is 0 Å². The van der Waals surface area contributed by atoms with E-state index < -0.39 is 215 Å². The number of benzene rings is 4. The van der Waals surface area contributed by atoms with Gasteiger partial charge in [0, 0.05) is 72.2 Å². The Morgan fingerprint density at radius 1 is 0.513 bits per heavy atom. The van der Waals surface area contributed by atoms with Crippen molar-refractivity contribution in [1.29, 1.82) is 0 Å². The second-order valence-electron chi connectivity index (χ2n) is 29.0. The molecule has 15 amide bonds. The number of carbonyl (C=O) groups excluding carboxylic acids is 15. The van der Waals surface area contributed by atoms with Crippen molar-refractivity contribution in [3.63, 3.8) is 0 Å². The van der Waals surface area contributed by atoms with Crippen molar-refractivity contribution in [3.05, 3.63) is 114 Å². The van der Waals surface area contributed by atoms with Crippen LogP contribution in [0.25, 0.3) is 21.7 Å². The monoisotopic (exact) mass is 1640 g/mol. The molecule has 5 rings (SSSR count). The first-order valence-corrected chi connectivity index (χ1v) is 37.8. The highest BCUT2D eigenvalue weighted by molar-refractivity contribution is 7.82. The molecule has 0 aliphatic carbocycles. The maximum atomic E-state index is 15.5. The van der Waals surface area contributed by atoms with Gasteiger partial charge in [0.05, 0.1) is 25.6 Å². The molecule has 0 radical (unpaired) electrons. The molecule has 0 spiro atoms. The molecule has 11 atom stereocenters. The molecule has 37 nitrogen and oxygen atoms in total. The van der Waals surface area contributed by atoms with Crippen LogP contribution in [0, 0.1) is 0 Å². The number of hydrogen-bond acceptors (Lipinski definition) is 22. The molecule has 626 valence electrons.